The van der Waals surface area contributed by atoms with Gasteiger partial charge in [0.15, 0.2) is 0 Å². The van der Waals surface area contributed by atoms with Gasteiger partial charge < -0.3 is 0 Å². The molecule has 0 amide bonds. The zero-order chi connectivity index (χ0) is 7.23. The fourth-order valence-electron chi connectivity index (χ4n) is 0.822. The Balaban J connectivity index is 2.15. The number of rotatable bonds is 4. The molecule has 0 atom stereocenters. The van der Waals surface area contributed by atoms with Crippen LogP contribution in [0.1, 0.15) is 26.2 Å². The maximum Gasteiger partial charge on any atom is 0.134 e. The average Bonchev–Trinajstić information content (AvgIpc) is 2.41. The molecule has 3 nitrogen and oxygen atoms in total. The lowest BCUT2D eigenvalue weighted by Gasteiger charge is -1.96. The SMILES string of the molecule is CCCCCn1n[c]cn1. The lowest BCUT2D eigenvalue weighted by molar-refractivity contribution is 0.496. The monoisotopic (exact) mass is 138 g/mol. The molecule has 0 aliphatic heterocycles. The maximum absolute atomic E-state index is 3.94. The van der Waals surface area contributed by atoms with E-state index in [1.165, 1.54) is 19.3 Å². The van der Waals surface area contributed by atoms with Crippen molar-refractivity contribution >= 4 is 0 Å². The van der Waals surface area contributed by atoms with Crippen molar-refractivity contribution in [2.75, 3.05) is 0 Å². The van der Waals surface area contributed by atoms with E-state index in [1.54, 1.807) is 11.0 Å². The summed E-state index contributed by atoms with van der Waals surface area (Å²) in [5.41, 5.74) is 0. The number of hydrogen-bond donors (Lipinski definition) is 0. The normalized spacial score (nSPS) is 10.1. The lowest BCUT2D eigenvalue weighted by Crippen LogP contribution is -2.01. The van der Waals surface area contributed by atoms with Crippen LogP contribution >= 0.6 is 0 Å². The quantitative estimate of drug-likeness (QED) is 0.586. The van der Waals surface area contributed by atoms with Gasteiger partial charge in [-0.3, -0.25) is 0 Å². The van der Waals surface area contributed by atoms with Crippen LogP contribution in [0.4, 0.5) is 0 Å². The fourth-order valence-corrected chi connectivity index (χ4v) is 0.822. The van der Waals surface area contributed by atoms with Gasteiger partial charge in [-0.2, -0.15) is 15.0 Å². The van der Waals surface area contributed by atoms with Gasteiger partial charge >= 0.3 is 0 Å². The minimum Gasteiger partial charge on any atom is -0.184 e. The number of nitrogens with zero attached hydrogens (tertiary/aromatic N) is 3. The van der Waals surface area contributed by atoms with Gasteiger partial charge in [0, 0.05) is 0 Å². The highest BCUT2D eigenvalue weighted by molar-refractivity contribution is 4.56. The third kappa shape index (κ3) is 2.17. The van der Waals surface area contributed by atoms with Crippen LogP contribution < -0.4 is 0 Å². The van der Waals surface area contributed by atoms with Gasteiger partial charge in [-0.1, -0.05) is 19.8 Å². The fraction of sp³-hybridized carbons (Fsp3) is 0.714. The first-order valence-corrected chi connectivity index (χ1v) is 3.69. The van der Waals surface area contributed by atoms with Crippen LogP contribution in [0.2, 0.25) is 0 Å². The van der Waals surface area contributed by atoms with Gasteiger partial charge in [-0.05, 0) is 6.42 Å². The molecule has 0 bridgehead atoms. The predicted molar refractivity (Wildman–Crippen MR) is 38.4 cm³/mol. The summed E-state index contributed by atoms with van der Waals surface area (Å²) in [5, 5.41) is 7.81. The molecule has 55 valence electrons. The first-order chi connectivity index (χ1) is 4.93. The molecule has 1 radical (unpaired) electrons. The summed E-state index contributed by atoms with van der Waals surface area (Å²) >= 11 is 0. The first kappa shape index (κ1) is 7.25. The van der Waals surface area contributed by atoms with Crippen molar-refractivity contribution in [2.45, 2.75) is 32.7 Å². The van der Waals surface area contributed by atoms with Crippen LogP contribution in [-0.2, 0) is 6.54 Å². The molecule has 1 aromatic heterocycles. The van der Waals surface area contributed by atoms with E-state index in [2.05, 4.69) is 23.3 Å². The summed E-state index contributed by atoms with van der Waals surface area (Å²) in [4.78, 5) is 1.68. The Kier molecular flexibility index (Phi) is 2.93. The van der Waals surface area contributed by atoms with Crippen LogP contribution in [0.5, 0.6) is 0 Å². The molecule has 0 N–H and O–H groups in total. The maximum atomic E-state index is 3.94. The number of aryl methyl sites for hydroxylation is 1. The second-order valence-electron chi connectivity index (χ2n) is 2.28. The van der Waals surface area contributed by atoms with Crippen molar-refractivity contribution in [3.63, 3.8) is 0 Å². The summed E-state index contributed by atoms with van der Waals surface area (Å²) in [5.74, 6) is 0. The topological polar surface area (TPSA) is 30.7 Å². The largest absolute Gasteiger partial charge is 0.184 e. The Hall–Kier alpha value is -0.860. The highest BCUT2D eigenvalue weighted by atomic mass is 15.5. The van der Waals surface area contributed by atoms with E-state index in [-0.39, 0.29) is 0 Å². The van der Waals surface area contributed by atoms with Crippen LogP contribution in [0.15, 0.2) is 6.20 Å². The highest BCUT2D eigenvalue weighted by Crippen LogP contribution is 1.94. The third-order valence-corrected chi connectivity index (χ3v) is 1.38. The molecule has 10 heavy (non-hydrogen) atoms. The van der Waals surface area contributed by atoms with E-state index in [0.717, 1.165) is 6.54 Å². The Bertz CT molecular complexity index is 157. The van der Waals surface area contributed by atoms with Crippen molar-refractivity contribution < 1.29 is 0 Å². The summed E-state index contributed by atoms with van der Waals surface area (Å²) in [6, 6.07) is 0. The molecule has 1 aromatic rings. The number of hydrogen-bond acceptors (Lipinski definition) is 2. The van der Waals surface area contributed by atoms with Crippen molar-refractivity contribution in [3.05, 3.63) is 12.4 Å². The molecule has 1 rings (SSSR count). The van der Waals surface area contributed by atoms with Crippen molar-refractivity contribution in [3.8, 4) is 0 Å². The molecule has 0 aliphatic rings. The van der Waals surface area contributed by atoms with Crippen LogP contribution in [0.3, 0.4) is 0 Å². The van der Waals surface area contributed by atoms with E-state index in [9.17, 15) is 0 Å². The molecule has 0 unspecified atom stereocenters. The van der Waals surface area contributed by atoms with Gasteiger partial charge in [0.05, 0.1) is 12.7 Å². The van der Waals surface area contributed by atoms with Gasteiger partial charge in [0.2, 0.25) is 0 Å². The van der Waals surface area contributed by atoms with E-state index < -0.39 is 0 Å². The Morgan fingerprint density at radius 2 is 2.40 bits per heavy atom. The first-order valence-electron chi connectivity index (χ1n) is 3.69. The molecule has 0 fully saturated rings. The minimum absolute atomic E-state index is 0.928. The standard InChI is InChI=1S/C7H12N3/c1-2-3-4-7-10-8-5-6-9-10/h5H,2-4,7H2,1H3. The van der Waals surface area contributed by atoms with Crippen molar-refractivity contribution in [1.29, 1.82) is 0 Å². The summed E-state index contributed by atoms with van der Waals surface area (Å²) < 4.78 is 0. The molecule has 1 heterocycles. The second kappa shape index (κ2) is 4.04. The van der Waals surface area contributed by atoms with Crippen molar-refractivity contribution in [2.24, 2.45) is 0 Å². The smallest absolute Gasteiger partial charge is 0.134 e. The van der Waals surface area contributed by atoms with E-state index >= 15 is 0 Å². The van der Waals surface area contributed by atoms with E-state index in [1.807, 2.05) is 0 Å². The minimum atomic E-state index is 0.928. The zero-order valence-electron chi connectivity index (χ0n) is 6.25. The van der Waals surface area contributed by atoms with Crippen LogP contribution in [0.25, 0.3) is 0 Å². The lowest BCUT2D eigenvalue weighted by atomic mass is 10.2. The van der Waals surface area contributed by atoms with Crippen molar-refractivity contribution in [1.82, 2.24) is 15.0 Å². The molecular weight excluding hydrogens is 126 g/mol. The predicted octanol–water partition coefficient (Wildman–Crippen LogP) is 1.27. The number of unbranched alkanes of at least 4 members (excludes halogenated alkanes) is 2. The van der Waals surface area contributed by atoms with Gasteiger partial charge in [0.25, 0.3) is 0 Å². The Morgan fingerprint density at radius 1 is 1.50 bits per heavy atom. The molecule has 0 saturated heterocycles. The molecule has 0 aromatic carbocycles. The summed E-state index contributed by atoms with van der Waals surface area (Å²) in [6.07, 6.45) is 7.91. The molecular formula is C7H12N3. The third-order valence-electron chi connectivity index (χ3n) is 1.38. The van der Waals surface area contributed by atoms with Gasteiger partial charge in [-0.25, -0.2) is 0 Å². The Labute approximate surface area is 61.1 Å². The second-order valence-corrected chi connectivity index (χ2v) is 2.28. The van der Waals surface area contributed by atoms with Gasteiger partial charge in [0.1, 0.15) is 6.20 Å². The van der Waals surface area contributed by atoms with Crippen LogP contribution in [0, 0.1) is 6.20 Å². The van der Waals surface area contributed by atoms with E-state index in [4.69, 9.17) is 0 Å². The molecule has 3 heteroatoms. The molecule has 0 saturated carbocycles. The van der Waals surface area contributed by atoms with E-state index in [0.29, 0.717) is 0 Å². The number of aromatic nitrogens is 3. The molecule has 0 spiro atoms. The average molecular weight is 138 g/mol. The van der Waals surface area contributed by atoms with Gasteiger partial charge in [-0.15, -0.1) is 0 Å². The van der Waals surface area contributed by atoms with Crippen LogP contribution in [-0.4, -0.2) is 15.0 Å². The highest BCUT2D eigenvalue weighted by Gasteiger charge is 1.89. The Morgan fingerprint density at radius 3 is 3.00 bits per heavy atom. The summed E-state index contributed by atoms with van der Waals surface area (Å²) in [7, 11) is 0. The molecule has 0 aliphatic carbocycles. The zero-order valence-corrected chi connectivity index (χ0v) is 6.25. The summed E-state index contributed by atoms with van der Waals surface area (Å²) in [6.45, 7) is 3.11.